The molecule has 0 saturated carbocycles. The Morgan fingerprint density at radius 2 is 2.00 bits per heavy atom. The van der Waals surface area contributed by atoms with Gasteiger partial charge in [0, 0.05) is 20.1 Å². The molecule has 0 aliphatic heterocycles. The lowest BCUT2D eigenvalue weighted by atomic mass is 9.87. The van der Waals surface area contributed by atoms with Crippen LogP contribution in [0.25, 0.3) is 0 Å². The molecule has 0 bridgehead atoms. The van der Waals surface area contributed by atoms with E-state index in [0.717, 1.165) is 5.82 Å². The molecule has 1 unspecified atom stereocenters. The van der Waals surface area contributed by atoms with Gasteiger partial charge in [0.2, 0.25) is 5.95 Å². The maximum atomic E-state index is 6.15. The van der Waals surface area contributed by atoms with Gasteiger partial charge in [0.25, 0.3) is 0 Å². The summed E-state index contributed by atoms with van der Waals surface area (Å²) in [6.07, 6.45) is 1.63. The van der Waals surface area contributed by atoms with Crippen molar-refractivity contribution in [1.82, 2.24) is 9.97 Å². The van der Waals surface area contributed by atoms with Gasteiger partial charge in [-0.3, -0.25) is 0 Å². The van der Waals surface area contributed by atoms with Crippen LogP contribution in [0.5, 0.6) is 0 Å². The smallest absolute Gasteiger partial charge is 0.224 e. The minimum absolute atomic E-state index is 0.156. The molecular weight excluding hydrogens is 236 g/mol. The molecule has 0 aliphatic rings. The zero-order chi connectivity index (χ0) is 13.2. The number of aromatic nitrogens is 2. The summed E-state index contributed by atoms with van der Waals surface area (Å²) in [5.41, 5.74) is 0.156. The Morgan fingerprint density at radius 3 is 2.47 bits per heavy atom. The first-order valence-electron chi connectivity index (χ1n) is 5.70. The van der Waals surface area contributed by atoms with Crippen LogP contribution in [0.1, 0.15) is 27.7 Å². The van der Waals surface area contributed by atoms with Crippen LogP contribution in [0.15, 0.2) is 6.20 Å². The maximum Gasteiger partial charge on any atom is 0.224 e. The van der Waals surface area contributed by atoms with Gasteiger partial charge in [0.05, 0.1) is 6.20 Å². The van der Waals surface area contributed by atoms with E-state index >= 15 is 0 Å². The molecule has 0 spiro atoms. The standard InChI is InChI=1S/C12H21ClN4/c1-8(12(2,3)4)17(6)10-9(13)7-15-11(14-5)16-10/h7-8H,1-6H3,(H,14,15,16). The summed E-state index contributed by atoms with van der Waals surface area (Å²) in [5, 5.41) is 3.49. The van der Waals surface area contributed by atoms with Crippen molar-refractivity contribution in [3.8, 4) is 0 Å². The highest BCUT2D eigenvalue weighted by Gasteiger charge is 2.26. The lowest BCUT2D eigenvalue weighted by Crippen LogP contribution is -2.40. The van der Waals surface area contributed by atoms with Gasteiger partial charge in [-0.05, 0) is 12.3 Å². The Labute approximate surface area is 108 Å². The van der Waals surface area contributed by atoms with Crippen LogP contribution >= 0.6 is 11.6 Å². The fourth-order valence-corrected chi connectivity index (χ4v) is 1.71. The predicted octanol–water partition coefficient (Wildman–Crippen LogP) is 3.04. The first-order chi connectivity index (χ1) is 7.77. The lowest BCUT2D eigenvalue weighted by molar-refractivity contribution is 0.328. The van der Waals surface area contributed by atoms with Gasteiger partial charge in [-0.25, -0.2) is 4.98 Å². The van der Waals surface area contributed by atoms with Crippen LogP contribution in [0, 0.1) is 5.41 Å². The van der Waals surface area contributed by atoms with Crippen LogP contribution in [-0.2, 0) is 0 Å². The largest absolute Gasteiger partial charge is 0.357 e. The molecule has 0 radical (unpaired) electrons. The Bertz CT molecular complexity index is 387. The number of nitrogens with one attached hydrogen (secondary N) is 1. The second kappa shape index (κ2) is 5.08. The molecular formula is C12H21ClN4. The average molecular weight is 257 g/mol. The zero-order valence-corrected chi connectivity index (χ0v) is 12.1. The molecule has 1 atom stereocenters. The first kappa shape index (κ1) is 14.0. The molecule has 1 rings (SSSR count). The number of nitrogens with zero attached hydrogens (tertiary/aromatic N) is 3. The van der Waals surface area contributed by atoms with Gasteiger partial charge in [-0.2, -0.15) is 4.98 Å². The number of hydrogen-bond donors (Lipinski definition) is 1. The molecule has 5 heteroatoms. The highest BCUT2D eigenvalue weighted by Crippen LogP contribution is 2.30. The van der Waals surface area contributed by atoms with Crippen molar-refractivity contribution >= 4 is 23.4 Å². The van der Waals surface area contributed by atoms with Gasteiger partial charge in [0.1, 0.15) is 5.02 Å². The van der Waals surface area contributed by atoms with E-state index in [0.29, 0.717) is 17.0 Å². The molecule has 0 amide bonds. The van der Waals surface area contributed by atoms with Gasteiger partial charge < -0.3 is 10.2 Å². The highest BCUT2D eigenvalue weighted by molar-refractivity contribution is 6.32. The molecule has 1 heterocycles. The van der Waals surface area contributed by atoms with E-state index < -0.39 is 0 Å². The molecule has 0 saturated heterocycles. The van der Waals surface area contributed by atoms with E-state index in [4.69, 9.17) is 11.6 Å². The third-order valence-electron chi connectivity index (χ3n) is 3.12. The normalized spacial score (nSPS) is 13.4. The maximum absolute atomic E-state index is 6.15. The molecule has 0 fully saturated rings. The molecule has 0 aliphatic carbocycles. The van der Waals surface area contributed by atoms with Crippen molar-refractivity contribution in [2.24, 2.45) is 5.41 Å². The van der Waals surface area contributed by atoms with E-state index in [1.54, 1.807) is 13.2 Å². The van der Waals surface area contributed by atoms with E-state index in [9.17, 15) is 0 Å². The quantitative estimate of drug-likeness (QED) is 0.903. The summed E-state index contributed by atoms with van der Waals surface area (Å²) in [6.45, 7) is 8.75. The summed E-state index contributed by atoms with van der Waals surface area (Å²) in [7, 11) is 3.80. The molecule has 0 aromatic carbocycles. The number of halogens is 1. The molecule has 1 N–H and O–H groups in total. The van der Waals surface area contributed by atoms with Crippen molar-refractivity contribution in [1.29, 1.82) is 0 Å². The monoisotopic (exact) mass is 256 g/mol. The number of rotatable bonds is 3. The molecule has 1 aromatic rings. The molecule has 96 valence electrons. The van der Waals surface area contributed by atoms with E-state index in [1.165, 1.54) is 0 Å². The Morgan fingerprint density at radius 1 is 1.41 bits per heavy atom. The van der Waals surface area contributed by atoms with Crippen LogP contribution in [0.2, 0.25) is 5.02 Å². The van der Waals surface area contributed by atoms with Crippen molar-refractivity contribution in [2.45, 2.75) is 33.7 Å². The average Bonchev–Trinajstić information content (AvgIpc) is 2.26. The number of anilines is 2. The lowest BCUT2D eigenvalue weighted by Gasteiger charge is -2.36. The topological polar surface area (TPSA) is 41.1 Å². The van der Waals surface area contributed by atoms with Gasteiger partial charge >= 0.3 is 0 Å². The van der Waals surface area contributed by atoms with Crippen molar-refractivity contribution < 1.29 is 0 Å². The van der Waals surface area contributed by atoms with Crippen molar-refractivity contribution in [2.75, 3.05) is 24.3 Å². The highest BCUT2D eigenvalue weighted by atomic mass is 35.5. The predicted molar refractivity (Wildman–Crippen MR) is 73.9 cm³/mol. The summed E-state index contributed by atoms with van der Waals surface area (Å²) in [6, 6.07) is 0.319. The Balaban J connectivity index is 3.07. The Kier molecular flexibility index (Phi) is 4.20. The van der Waals surface area contributed by atoms with E-state index in [1.807, 2.05) is 7.05 Å². The van der Waals surface area contributed by atoms with E-state index in [2.05, 4.69) is 47.9 Å². The van der Waals surface area contributed by atoms with Gasteiger partial charge in [-0.15, -0.1) is 0 Å². The summed E-state index contributed by atoms with van der Waals surface area (Å²) in [5.74, 6) is 1.34. The number of hydrogen-bond acceptors (Lipinski definition) is 4. The summed E-state index contributed by atoms with van der Waals surface area (Å²) >= 11 is 6.15. The van der Waals surface area contributed by atoms with Crippen molar-refractivity contribution in [3.05, 3.63) is 11.2 Å². The van der Waals surface area contributed by atoms with Crippen molar-refractivity contribution in [3.63, 3.8) is 0 Å². The third kappa shape index (κ3) is 3.22. The molecule has 17 heavy (non-hydrogen) atoms. The fraction of sp³-hybridized carbons (Fsp3) is 0.667. The second-order valence-corrected chi connectivity index (χ2v) is 5.68. The van der Waals surface area contributed by atoms with E-state index in [-0.39, 0.29) is 5.41 Å². The fourth-order valence-electron chi connectivity index (χ4n) is 1.49. The van der Waals surface area contributed by atoms with Crippen LogP contribution < -0.4 is 10.2 Å². The SMILES string of the molecule is CNc1ncc(Cl)c(N(C)C(C)C(C)(C)C)n1. The second-order valence-electron chi connectivity index (χ2n) is 5.27. The van der Waals surface area contributed by atoms with Crippen LogP contribution in [0.4, 0.5) is 11.8 Å². The van der Waals surface area contributed by atoms with Gasteiger partial charge in [0.15, 0.2) is 5.82 Å². The molecule has 1 aromatic heterocycles. The minimum atomic E-state index is 0.156. The zero-order valence-electron chi connectivity index (χ0n) is 11.4. The molecule has 4 nitrogen and oxygen atoms in total. The Hall–Kier alpha value is -1.03. The summed E-state index contributed by atoms with van der Waals surface area (Å²) in [4.78, 5) is 10.6. The van der Waals surface area contributed by atoms with Crippen LogP contribution in [-0.4, -0.2) is 30.1 Å². The van der Waals surface area contributed by atoms with Crippen LogP contribution in [0.3, 0.4) is 0 Å². The third-order valence-corrected chi connectivity index (χ3v) is 3.38. The van der Waals surface area contributed by atoms with Gasteiger partial charge in [-0.1, -0.05) is 32.4 Å². The first-order valence-corrected chi connectivity index (χ1v) is 6.08. The summed E-state index contributed by atoms with van der Waals surface area (Å²) < 4.78 is 0. The minimum Gasteiger partial charge on any atom is -0.357 e.